The molecule has 0 unspecified atom stereocenters. The number of hydrogen-bond donors (Lipinski definition) is 3. The Kier molecular flexibility index (Phi) is 3.21. The molecular formula is C14H16N4S. The highest BCUT2D eigenvalue weighted by molar-refractivity contribution is 7.71. The maximum absolute atomic E-state index is 4.94. The van der Waals surface area contributed by atoms with E-state index in [1.807, 2.05) is 0 Å². The highest BCUT2D eigenvalue weighted by Gasteiger charge is 2.07. The van der Waals surface area contributed by atoms with Gasteiger partial charge in [0.1, 0.15) is 5.82 Å². The van der Waals surface area contributed by atoms with Crippen LogP contribution < -0.4 is 0 Å². The van der Waals surface area contributed by atoms with Crippen LogP contribution in [0.25, 0.3) is 10.9 Å². The fourth-order valence-electron chi connectivity index (χ4n) is 2.51. The summed E-state index contributed by atoms with van der Waals surface area (Å²) in [7, 11) is 0. The lowest BCUT2D eigenvalue weighted by atomic mass is 10.0. The molecule has 2 aromatic heterocycles. The molecule has 0 amide bonds. The quantitative estimate of drug-likeness (QED) is 0.637. The van der Waals surface area contributed by atoms with Gasteiger partial charge in [0, 0.05) is 23.0 Å². The minimum atomic E-state index is 0.526. The number of nitrogens with one attached hydrogen (secondary N) is 3. The van der Waals surface area contributed by atoms with Crippen LogP contribution in [0.5, 0.6) is 0 Å². The Hall–Kier alpha value is -1.88. The van der Waals surface area contributed by atoms with E-state index < -0.39 is 0 Å². The Labute approximate surface area is 116 Å². The fraction of sp³-hybridized carbons (Fsp3) is 0.286. The monoisotopic (exact) mass is 272 g/mol. The maximum Gasteiger partial charge on any atom is 0.213 e. The second kappa shape index (κ2) is 5.01. The van der Waals surface area contributed by atoms with Gasteiger partial charge in [-0.2, -0.15) is 0 Å². The van der Waals surface area contributed by atoms with Gasteiger partial charge in [0.2, 0.25) is 4.77 Å². The predicted octanol–water partition coefficient (Wildman–Crippen LogP) is 3.43. The van der Waals surface area contributed by atoms with Gasteiger partial charge in [-0.3, -0.25) is 10.2 Å². The molecule has 2 heterocycles. The molecule has 3 aromatic rings. The zero-order valence-corrected chi connectivity index (χ0v) is 11.6. The average Bonchev–Trinajstić information content (AvgIpc) is 2.94. The van der Waals surface area contributed by atoms with Gasteiger partial charge in [0.25, 0.3) is 0 Å². The van der Waals surface area contributed by atoms with Crippen LogP contribution in [-0.2, 0) is 12.8 Å². The first-order valence-corrected chi connectivity index (χ1v) is 6.84. The third-order valence-corrected chi connectivity index (χ3v) is 3.61. The highest BCUT2D eigenvalue weighted by Crippen LogP contribution is 2.23. The third-order valence-electron chi connectivity index (χ3n) is 3.42. The van der Waals surface area contributed by atoms with Crippen molar-refractivity contribution in [3.63, 3.8) is 0 Å². The second-order valence-electron chi connectivity index (χ2n) is 4.74. The van der Waals surface area contributed by atoms with E-state index in [2.05, 4.69) is 51.4 Å². The van der Waals surface area contributed by atoms with Crippen molar-refractivity contribution in [1.29, 1.82) is 0 Å². The lowest BCUT2D eigenvalue weighted by Gasteiger charge is -2.00. The van der Waals surface area contributed by atoms with E-state index in [-0.39, 0.29) is 0 Å². The Morgan fingerprint density at radius 1 is 1.16 bits per heavy atom. The first-order valence-electron chi connectivity index (χ1n) is 6.44. The molecule has 0 saturated heterocycles. The summed E-state index contributed by atoms with van der Waals surface area (Å²) in [5.74, 6) is 0.933. The van der Waals surface area contributed by atoms with Gasteiger partial charge in [-0.25, -0.2) is 4.98 Å². The summed E-state index contributed by atoms with van der Waals surface area (Å²) < 4.78 is 0.526. The Balaban J connectivity index is 1.75. The minimum absolute atomic E-state index is 0.526. The van der Waals surface area contributed by atoms with Gasteiger partial charge >= 0.3 is 0 Å². The predicted molar refractivity (Wildman–Crippen MR) is 78.8 cm³/mol. The van der Waals surface area contributed by atoms with Gasteiger partial charge in [-0.05, 0) is 43.6 Å². The van der Waals surface area contributed by atoms with Crippen molar-refractivity contribution in [3.05, 3.63) is 46.1 Å². The molecule has 0 aliphatic carbocycles. The van der Waals surface area contributed by atoms with Gasteiger partial charge < -0.3 is 4.98 Å². The van der Waals surface area contributed by atoms with Crippen LogP contribution in [0.4, 0.5) is 0 Å². The SMILES string of the molecule is Cc1[nH]c2ccccc2c1CCCc1nc(=S)[nH][nH]1. The normalized spacial score (nSPS) is 11.2. The van der Waals surface area contributed by atoms with Crippen LogP contribution in [0.1, 0.15) is 23.5 Å². The zero-order chi connectivity index (χ0) is 13.2. The average molecular weight is 272 g/mol. The lowest BCUT2D eigenvalue weighted by Crippen LogP contribution is -1.93. The summed E-state index contributed by atoms with van der Waals surface area (Å²) in [5.41, 5.74) is 3.88. The van der Waals surface area contributed by atoms with Crippen LogP contribution >= 0.6 is 12.2 Å². The third kappa shape index (κ3) is 2.46. The molecule has 1 aromatic carbocycles. The second-order valence-corrected chi connectivity index (χ2v) is 5.13. The molecule has 0 aliphatic rings. The molecule has 98 valence electrons. The van der Waals surface area contributed by atoms with Crippen molar-refractivity contribution < 1.29 is 0 Å². The number of aromatic nitrogens is 4. The molecule has 0 saturated carbocycles. The summed E-state index contributed by atoms with van der Waals surface area (Å²) in [4.78, 5) is 7.64. The van der Waals surface area contributed by atoms with Gasteiger partial charge in [0.05, 0.1) is 0 Å². The Morgan fingerprint density at radius 2 is 2.00 bits per heavy atom. The molecule has 0 bridgehead atoms. The molecule has 0 spiro atoms. The standard InChI is InChI=1S/C14H16N4S/c1-9-10(11-5-2-3-7-12(11)15-9)6-4-8-13-16-14(19)18-17-13/h2-3,5,7,15H,4,6,8H2,1H3,(H2,16,17,18,19). The minimum Gasteiger partial charge on any atom is -0.358 e. The van der Waals surface area contributed by atoms with Crippen molar-refractivity contribution in [2.75, 3.05) is 0 Å². The summed E-state index contributed by atoms with van der Waals surface area (Å²) in [6.07, 6.45) is 3.01. The molecule has 0 aliphatic heterocycles. The zero-order valence-electron chi connectivity index (χ0n) is 10.8. The largest absolute Gasteiger partial charge is 0.358 e. The van der Waals surface area contributed by atoms with Crippen molar-refractivity contribution in [1.82, 2.24) is 20.2 Å². The van der Waals surface area contributed by atoms with Crippen molar-refractivity contribution in [3.8, 4) is 0 Å². The molecule has 5 heteroatoms. The summed E-state index contributed by atoms with van der Waals surface area (Å²) in [5, 5.41) is 7.14. The van der Waals surface area contributed by atoms with E-state index >= 15 is 0 Å². The summed E-state index contributed by atoms with van der Waals surface area (Å²) in [6.45, 7) is 2.14. The lowest BCUT2D eigenvalue weighted by molar-refractivity contribution is 0.774. The number of aryl methyl sites for hydroxylation is 3. The topological polar surface area (TPSA) is 60.3 Å². The molecular weight excluding hydrogens is 256 g/mol. The molecule has 0 fully saturated rings. The number of rotatable bonds is 4. The smallest absolute Gasteiger partial charge is 0.213 e. The number of H-pyrrole nitrogens is 3. The van der Waals surface area contributed by atoms with Crippen LogP contribution in [0.2, 0.25) is 0 Å². The van der Waals surface area contributed by atoms with E-state index in [1.165, 1.54) is 22.2 Å². The van der Waals surface area contributed by atoms with E-state index in [1.54, 1.807) is 0 Å². The molecule has 0 radical (unpaired) electrons. The summed E-state index contributed by atoms with van der Waals surface area (Å²) >= 11 is 4.94. The number of para-hydroxylation sites is 1. The molecule has 4 nitrogen and oxygen atoms in total. The van der Waals surface area contributed by atoms with Crippen LogP contribution in [0.15, 0.2) is 24.3 Å². The summed E-state index contributed by atoms with van der Waals surface area (Å²) in [6, 6.07) is 8.45. The Bertz CT molecular complexity index is 750. The van der Waals surface area contributed by atoms with E-state index in [0.717, 1.165) is 25.1 Å². The van der Waals surface area contributed by atoms with Gasteiger partial charge in [0.15, 0.2) is 0 Å². The van der Waals surface area contributed by atoms with Gasteiger partial charge in [-0.1, -0.05) is 18.2 Å². The Morgan fingerprint density at radius 3 is 2.79 bits per heavy atom. The number of hydrogen-bond acceptors (Lipinski definition) is 2. The molecule has 3 rings (SSSR count). The molecule has 19 heavy (non-hydrogen) atoms. The first-order chi connectivity index (χ1) is 9.24. The van der Waals surface area contributed by atoms with Crippen molar-refractivity contribution in [2.45, 2.75) is 26.2 Å². The fourth-order valence-corrected chi connectivity index (χ4v) is 2.67. The van der Waals surface area contributed by atoms with Crippen LogP contribution in [0, 0.1) is 11.7 Å². The van der Waals surface area contributed by atoms with Gasteiger partial charge in [-0.15, -0.1) is 0 Å². The van der Waals surface area contributed by atoms with E-state index in [0.29, 0.717) is 4.77 Å². The van der Waals surface area contributed by atoms with Crippen LogP contribution in [0.3, 0.4) is 0 Å². The van der Waals surface area contributed by atoms with Crippen molar-refractivity contribution in [2.24, 2.45) is 0 Å². The van der Waals surface area contributed by atoms with Crippen LogP contribution in [-0.4, -0.2) is 20.2 Å². The maximum atomic E-state index is 4.94. The first kappa shape index (κ1) is 12.2. The number of fused-ring (bicyclic) bond motifs is 1. The molecule has 3 N–H and O–H groups in total. The van der Waals surface area contributed by atoms with E-state index in [9.17, 15) is 0 Å². The number of benzene rings is 1. The number of aromatic amines is 3. The van der Waals surface area contributed by atoms with Crippen molar-refractivity contribution >= 4 is 23.1 Å². The number of nitrogens with zero attached hydrogens (tertiary/aromatic N) is 1. The molecule has 0 atom stereocenters. The highest BCUT2D eigenvalue weighted by atomic mass is 32.1. The van der Waals surface area contributed by atoms with E-state index in [4.69, 9.17) is 12.2 Å².